The molecule has 36 heavy (non-hydrogen) atoms. The third-order valence-electron chi connectivity index (χ3n) is 5.02. The summed E-state index contributed by atoms with van der Waals surface area (Å²) in [5, 5.41) is 2.87. The number of anilines is 2. The molecule has 0 aliphatic rings. The van der Waals surface area contributed by atoms with Crippen molar-refractivity contribution in [3.63, 3.8) is 0 Å². The Morgan fingerprint density at radius 3 is 2.36 bits per heavy atom. The van der Waals surface area contributed by atoms with E-state index in [1.54, 1.807) is 49.5 Å². The number of benzene rings is 2. The number of aromatic nitrogens is 4. The van der Waals surface area contributed by atoms with Gasteiger partial charge in [0.2, 0.25) is 10.0 Å². The zero-order valence-electron chi connectivity index (χ0n) is 20.2. The molecule has 184 valence electrons. The van der Waals surface area contributed by atoms with Gasteiger partial charge in [-0.05, 0) is 35.5 Å². The monoisotopic (exact) mass is 554 g/mol. The molecule has 0 bridgehead atoms. The van der Waals surface area contributed by atoms with E-state index in [0.29, 0.717) is 28.0 Å². The van der Waals surface area contributed by atoms with Gasteiger partial charge in [-0.1, -0.05) is 24.3 Å². The molecule has 0 aliphatic heterocycles. The fraction of sp³-hybridized carbons (Fsp3) is 0.227. The summed E-state index contributed by atoms with van der Waals surface area (Å²) in [5.41, 5.74) is 2.13. The summed E-state index contributed by atoms with van der Waals surface area (Å²) >= 11 is 0. The van der Waals surface area contributed by atoms with Crippen LogP contribution in [-0.4, -0.2) is 55.5 Å². The van der Waals surface area contributed by atoms with E-state index in [1.807, 2.05) is 0 Å². The molecule has 0 fully saturated rings. The van der Waals surface area contributed by atoms with Gasteiger partial charge in [0.1, 0.15) is 21.4 Å². The molecule has 0 saturated carbocycles. The molecular formula is C22H23KN6O5S2. The minimum Gasteiger partial charge on any atom is -0.497 e. The topological polar surface area (TPSA) is 147 Å². The Kier molecular flexibility index (Phi) is 9.14. The first-order chi connectivity index (χ1) is 16.5. The summed E-state index contributed by atoms with van der Waals surface area (Å²) in [4.78, 5) is 12.8. The molecule has 2 heterocycles. The van der Waals surface area contributed by atoms with Gasteiger partial charge in [0.15, 0.2) is 5.03 Å². The van der Waals surface area contributed by atoms with Crippen molar-refractivity contribution in [3.05, 3.63) is 65.3 Å². The van der Waals surface area contributed by atoms with Gasteiger partial charge >= 0.3 is 51.4 Å². The molecule has 0 amide bonds. The number of fused-ring (bicyclic) bond motifs is 1. The van der Waals surface area contributed by atoms with Gasteiger partial charge in [-0.15, -0.1) is 0 Å². The first kappa shape index (κ1) is 28.5. The second kappa shape index (κ2) is 11.5. The molecular weight excluding hydrogens is 532 g/mol. The Bertz CT molecular complexity index is 1610. The van der Waals surface area contributed by atoms with Gasteiger partial charge in [0.05, 0.1) is 24.7 Å². The molecule has 0 radical (unpaired) electrons. The molecule has 4 rings (SSSR count). The van der Waals surface area contributed by atoms with Gasteiger partial charge in [-0.25, -0.2) is 26.8 Å². The molecule has 0 spiro atoms. The number of imidazole rings is 1. The maximum absolute atomic E-state index is 12.9. The molecule has 4 aromatic rings. The van der Waals surface area contributed by atoms with E-state index in [0.717, 1.165) is 6.26 Å². The van der Waals surface area contributed by atoms with Crippen molar-refractivity contribution in [2.45, 2.75) is 11.4 Å². The van der Waals surface area contributed by atoms with Crippen LogP contribution in [0.4, 0.5) is 17.3 Å². The summed E-state index contributed by atoms with van der Waals surface area (Å²) in [6.07, 6.45) is 4.09. The van der Waals surface area contributed by atoms with Crippen LogP contribution in [0.15, 0.2) is 60.0 Å². The maximum atomic E-state index is 12.9. The van der Waals surface area contributed by atoms with Crippen LogP contribution in [0.3, 0.4) is 0 Å². The predicted molar refractivity (Wildman–Crippen MR) is 133 cm³/mol. The number of hydrogen-bond donors (Lipinski definition) is 1. The molecule has 0 unspecified atom stereocenters. The second-order valence-electron chi connectivity index (χ2n) is 7.86. The van der Waals surface area contributed by atoms with Crippen LogP contribution >= 0.6 is 0 Å². The van der Waals surface area contributed by atoms with E-state index in [9.17, 15) is 16.8 Å². The van der Waals surface area contributed by atoms with E-state index < -0.39 is 19.9 Å². The van der Waals surface area contributed by atoms with Gasteiger partial charge in [0.25, 0.3) is 0 Å². The standard InChI is InChI=1S/C22H23N6O5S2.K/c1-28-13-20(23-14-28)35(31,32)27-22-21(24-17-6-4-5-7-18(17)25-22)26-19-12-16(33-2)9-8-15(19)10-11-34(3,29)30;/h4-9,12-14H,10-11H2,1-3H3,(H-,24,25,26,27);/q-1;+1. The maximum Gasteiger partial charge on any atom is 1.00 e. The third-order valence-corrected chi connectivity index (χ3v) is 7.11. The smallest absolute Gasteiger partial charge is 0.497 e. The molecule has 0 saturated heterocycles. The number of nitrogens with one attached hydrogen (secondary N) is 1. The summed E-state index contributed by atoms with van der Waals surface area (Å²) in [6.45, 7) is 0. The van der Waals surface area contributed by atoms with Gasteiger partial charge in [-0.2, -0.15) is 0 Å². The minimum atomic E-state index is -4.18. The predicted octanol–water partition coefficient (Wildman–Crippen LogP) is 0.101. The van der Waals surface area contributed by atoms with Crippen molar-refractivity contribution in [1.29, 1.82) is 0 Å². The summed E-state index contributed by atoms with van der Waals surface area (Å²) in [6, 6.07) is 12.1. The Balaban J connectivity index is 0.00000361. The number of sulfonamides is 1. The number of nitrogens with zero attached hydrogens (tertiary/aromatic N) is 5. The van der Waals surface area contributed by atoms with Gasteiger partial charge in [-0.3, -0.25) is 0 Å². The zero-order chi connectivity index (χ0) is 25.2. The number of methoxy groups -OCH3 is 1. The second-order valence-corrected chi connectivity index (χ2v) is 11.7. The van der Waals surface area contributed by atoms with Crippen molar-refractivity contribution in [3.8, 4) is 5.75 Å². The van der Waals surface area contributed by atoms with Crippen molar-refractivity contribution < 1.29 is 73.0 Å². The van der Waals surface area contributed by atoms with Crippen LogP contribution in [0.1, 0.15) is 5.56 Å². The number of para-hydroxylation sites is 2. The number of sulfone groups is 1. The molecule has 2 aromatic heterocycles. The molecule has 0 atom stereocenters. The molecule has 11 nitrogen and oxygen atoms in total. The SMILES string of the molecule is COc1ccc(CCS(C)(=O)=O)c(Nc2nc3ccccc3nc2[N-]S(=O)(=O)c2cn(C)cn2)c1.[K+]. The molecule has 14 heteroatoms. The van der Waals surface area contributed by atoms with E-state index >= 15 is 0 Å². The van der Waals surface area contributed by atoms with Crippen molar-refractivity contribution in [2.24, 2.45) is 7.05 Å². The third kappa shape index (κ3) is 7.03. The van der Waals surface area contributed by atoms with E-state index in [1.165, 1.54) is 24.2 Å². The Labute approximate surface area is 252 Å². The Hall–Kier alpha value is -2.07. The number of ether oxygens (including phenoxy) is 1. The van der Waals surface area contributed by atoms with Crippen LogP contribution in [0.2, 0.25) is 0 Å². The van der Waals surface area contributed by atoms with Crippen molar-refractivity contribution in [2.75, 3.05) is 24.4 Å². The summed E-state index contributed by atoms with van der Waals surface area (Å²) < 4.78 is 60.0. The Morgan fingerprint density at radius 2 is 1.75 bits per heavy atom. The fourth-order valence-electron chi connectivity index (χ4n) is 3.26. The largest absolute Gasteiger partial charge is 1.00 e. The number of hydrogen-bond acceptors (Lipinski definition) is 9. The molecule has 2 aromatic carbocycles. The van der Waals surface area contributed by atoms with Crippen molar-refractivity contribution in [1.82, 2.24) is 19.5 Å². The summed E-state index contributed by atoms with van der Waals surface area (Å²) in [7, 11) is -4.24. The number of rotatable bonds is 9. The minimum absolute atomic E-state index is 0. The van der Waals surface area contributed by atoms with Crippen LogP contribution in [0.25, 0.3) is 15.8 Å². The normalized spacial score (nSPS) is 11.6. The first-order valence-corrected chi connectivity index (χ1v) is 13.9. The quantitative estimate of drug-likeness (QED) is 0.285. The fourth-order valence-corrected chi connectivity index (χ4v) is 4.78. The van der Waals surface area contributed by atoms with E-state index in [4.69, 9.17) is 4.74 Å². The average molecular weight is 555 g/mol. The van der Waals surface area contributed by atoms with Crippen LogP contribution in [0, 0.1) is 0 Å². The molecule has 1 N–H and O–H groups in total. The van der Waals surface area contributed by atoms with Crippen LogP contribution < -0.4 is 61.4 Å². The first-order valence-electron chi connectivity index (χ1n) is 10.4. The Morgan fingerprint density at radius 1 is 1.06 bits per heavy atom. The molecule has 0 aliphatic carbocycles. The van der Waals surface area contributed by atoms with Crippen LogP contribution in [-0.2, 0) is 33.3 Å². The van der Waals surface area contributed by atoms with E-state index in [2.05, 4.69) is 25.0 Å². The van der Waals surface area contributed by atoms with Gasteiger partial charge in [0, 0.05) is 31.3 Å². The van der Waals surface area contributed by atoms with E-state index in [-0.39, 0.29) is 80.2 Å². The van der Waals surface area contributed by atoms with Gasteiger partial charge < -0.3 is 24.3 Å². The number of aryl methyl sites for hydroxylation is 2. The summed E-state index contributed by atoms with van der Waals surface area (Å²) in [5.74, 6) is 0.370. The van der Waals surface area contributed by atoms with Crippen LogP contribution in [0.5, 0.6) is 5.75 Å². The zero-order valence-corrected chi connectivity index (χ0v) is 25.0. The van der Waals surface area contributed by atoms with Crippen molar-refractivity contribution >= 4 is 48.2 Å². The average Bonchev–Trinajstić information content (AvgIpc) is 3.25.